The highest BCUT2D eigenvalue weighted by Gasteiger charge is 2.41. The van der Waals surface area contributed by atoms with Crippen LogP contribution < -0.4 is 5.32 Å². The molecule has 1 atom stereocenters. The van der Waals surface area contributed by atoms with Crippen molar-refractivity contribution in [1.29, 1.82) is 5.26 Å². The van der Waals surface area contributed by atoms with Crippen molar-refractivity contribution in [3.05, 3.63) is 0 Å². The molecule has 102 valence electrons. The molecule has 1 aliphatic heterocycles. The lowest BCUT2D eigenvalue weighted by atomic mass is 9.86. The second-order valence-corrected chi connectivity index (χ2v) is 6.65. The number of nitriles is 1. The molecule has 0 radical (unpaired) electrons. The molecule has 18 heavy (non-hydrogen) atoms. The molecule has 0 aromatic heterocycles. The Labute approximate surface area is 112 Å². The lowest BCUT2D eigenvalue weighted by molar-refractivity contribution is 0.0304. The molecule has 6 heteroatoms. The molecule has 1 rings (SSSR count). The van der Waals surface area contributed by atoms with Crippen molar-refractivity contribution in [2.75, 3.05) is 11.5 Å². The monoisotopic (exact) mass is 272 g/mol. The van der Waals surface area contributed by atoms with Crippen LogP contribution in [0.1, 0.15) is 33.6 Å². The molecule has 0 saturated carbocycles. The molecule has 0 bridgehead atoms. The standard InChI is InChI=1S/C12H20N2O3S/c1-11(2,3)17-10(16)14-12(9(15)8-13)4-6-18-7-5-12/h9,15H,4-7H2,1-3H3,(H,14,16). The summed E-state index contributed by atoms with van der Waals surface area (Å²) < 4.78 is 5.18. The van der Waals surface area contributed by atoms with Crippen LogP contribution in [0, 0.1) is 11.3 Å². The fraction of sp³-hybridized carbons (Fsp3) is 0.833. The minimum absolute atomic E-state index is 0.575. The fourth-order valence-corrected chi connectivity index (χ4v) is 3.05. The lowest BCUT2D eigenvalue weighted by Gasteiger charge is -2.39. The third kappa shape index (κ3) is 4.07. The van der Waals surface area contributed by atoms with Gasteiger partial charge in [-0.3, -0.25) is 0 Å². The van der Waals surface area contributed by atoms with Crippen LogP contribution in [-0.2, 0) is 4.74 Å². The first kappa shape index (κ1) is 15.1. The molecule has 0 spiro atoms. The molecule has 1 fully saturated rings. The Morgan fingerprint density at radius 2 is 2.06 bits per heavy atom. The summed E-state index contributed by atoms with van der Waals surface area (Å²) in [5.74, 6) is 1.63. The number of aliphatic hydroxyl groups excluding tert-OH is 1. The number of aliphatic hydroxyl groups is 1. The Hall–Kier alpha value is -0.930. The Morgan fingerprint density at radius 3 is 2.50 bits per heavy atom. The van der Waals surface area contributed by atoms with Crippen molar-refractivity contribution in [3.63, 3.8) is 0 Å². The van der Waals surface area contributed by atoms with Gasteiger partial charge in [-0.25, -0.2) is 4.79 Å². The van der Waals surface area contributed by atoms with E-state index in [-0.39, 0.29) is 0 Å². The Morgan fingerprint density at radius 1 is 1.50 bits per heavy atom. The van der Waals surface area contributed by atoms with Gasteiger partial charge in [-0.05, 0) is 45.1 Å². The lowest BCUT2D eigenvalue weighted by Crippen LogP contribution is -2.58. The summed E-state index contributed by atoms with van der Waals surface area (Å²) in [5, 5.41) is 21.4. The van der Waals surface area contributed by atoms with E-state index in [9.17, 15) is 9.90 Å². The van der Waals surface area contributed by atoms with Gasteiger partial charge in [0.25, 0.3) is 0 Å². The average molecular weight is 272 g/mol. The van der Waals surface area contributed by atoms with Gasteiger partial charge in [0, 0.05) is 0 Å². The molecular weight excluding hydrogens is 252 g/mol. The van der Waals surface area contributed by atoms with Gasteiger partial charge in [0.2, 0.25) is 0 Å². The average Bonchev–Trinajstić information content (AvgIpc) is 2.26. The predicted octanol–water partition coefficient (Wildman–Crippen LogP) is 1.66. The third-order valence-electron chi connectivity index (χ3n) is 2.78. The van der Waals surface area contributed by atoms with E-state index in [1.807, 2.05) is 6.07 Å². The number of nitrogens with one attached hydrogen (secondary N) is 1. The number of carbonyl (C=O) groups excluding carboxylic acids is 1. The molecule has 2 N–H and O–H groups in total. The Kier molecular flexibility index (Phi) is 4.88. The van der Waals surface area contributed by atoms with Crippen LogP contribution in [0.3, 0.4) is 0 Å². The Balaban J connectivity index is 2.74. The number of rotatable bonds is 2. The van der Waals surface area contributed by atoms with Gasteiger partial charge in [-0.2, -0.15) is 17.0 Å². The van der Waals surface area contributed by atoms with Crippen molar-refractivity contribution >= 4 is 17.9 Å². The second-order valence-electron chi connectivity index (χ2n) is 5.43. The van der Waals surface area contributed by atoms with Crippen LogP contribution in [0.5, 0.6) is 0 Å². The summed E-state index contributed by atoms with van der Waals surface area (Å²) in [4.78, 5) is 11.8. The predicted molar refractivity (Wildman–Crippen MR) is 70.3 cm³/mol. The number of hydrogen-bond acceptors (Lipinski definition) is 5. The zero-order valence-corrected chi connectivity index (χ0v) is 11.8. The topological polar surface area (TPSA) is 82.3 Å². The van der Waals surface area contributed by atoms with Crippen molar-refractivity contribution in [3.8, 4) is 6.07 Å². The van der Waals surface area contributed by atoms with E-state index in [0.29, 0.717) is 12.8 Å². The number of thioether (sulfide) groups is 1. The summed E-state index contributed by atoms with van der Waals surface area (Å²) in [5.41, 5.74) is -1.46. The molecule has 0 aliphatic carbocycles. The number of hydrogen-bond donors (Lipinski definition) is 2. The molecular formula is C12H20N2O3S. The largest absolute Gasteiger partial charge is 0.444 e. The molecule has 1 heterocycles. The molecule has 0 aromatic rings. The van der Waals surface area contributed by atoms with Gasteiger partial charge < -0.3 is 15.2 Å². The van der Waals surface area contributed by atoms with Gasteiger partial charge in [-0.15, -0.1) is 0 Å². The van der Waals surface area contributed by atoms with Crippen molar-refractivity contribution in [2.45, 2.75) is 50.9 Å². The van der Waals surface area contributed by atoms with Crippen molar-refractivity contribution in [2.24, 2.45) is 0 Å². The molecule has 1 amide bonds. The molecule has 0 aromatic carbocycles. The fourth-order valence-electron chi connectivity index (χ4n) is 1.83. The minimum Gasteiger partial charge on any atom is -0.444 e. The number of amides is 1. The van der Waals surface area contributed by atoms with E-state index in [2.05, 4.69) is 5.32 Å². The quantitative estimate of drug-likeness (QED) is 0.747. The molecule has 5 nitrogen and oxygen atoms in total. The normalized spacial score (nSPS) is 20.6. The van der Waals surface area contributed by atoms with E-state index < -0.39 is 23.3 Å². The van der Waals surface area contributed by atoms with Crippen LogP contribution in [0.2, 0.25) is 0 Å². The summed E-state index contributed by atoms with van der Waals surface area (Å²) in [6.45, 7) is 5.32. The smallest absolute Gasteiger partial charge is 0.408 e. The minimum atomic E-state index is -1.20. The number of ether oxygens (including phenoxy) is 1. The zero-order valence-electron chi connectivity index (χ0n) is 11.0. The van der Waals surface area contributed by atoms with E-state index in [1.165, 1.54) is 0 Å². The summed E-state index contributed by atoms with van der Waals surface area (Å²) >= 11 is 1.75. The highest BCUT2D eigenvalue weighted by Crippen LogP contribution is 2.30. The number of nitrogens with zero attached hydrogens (tertiary/aromatic N) is 1. The van der Waals surface area contributed by atoms with Crippen LogP contribution in [0.15, 0.2) is 0 Å². The summed E-state index contributed by atoms with van der Waals surface area (Å²) in [6, 6.07) is 1.82. The maximum absolute atomic E-state index is 11.8. The van der Waals surface area contributed by atoms with Gasteiger partial charge in [-0.1, -0.05) is 0 Å². The van der Waals surface area contributed by atoms with Gasteiger partial charge in [0.15, 0.2) is 6.10 Å². The number of alkyl carbamates (subject to hydrolysis) is 1. The van der Waals surface area contributed by atoms with Crippen LogP contribution in [0.25, 0.3) is 0 Å². The van der Waals surface area contributed by atoms with Gasteiger partial charge in [0.05, 0.1) is 11.6 Å². The maximum atomic E-state index is 11.8. The zero-order chi connectivity index (χ0) is 13.8. The summed E-state index contributed by atoms with van der Waals surface area (Å²) in [6.07, 6.45) is -0.633. The van der Waals surface area contributed by atoms with Gasteiger partial charge in [0.1, 0.15) is 5.60 Å². The van der Waals surface area contributed by atoms with Crippen LogP contribution in [-0.4, -0.2) is 39.9 Å². The van der Waals surface area contributed by atoms with E-state index in [4.69, 9.17) is 10.00 Å². The first-order chi connectivity index (χ1) is 8.29. The van der Waals surface area contributed by atoms with Crippen LogP contribution >= 0.6 is 11.8 Å². The molecule has 1 aliphatic rings. The SMILES string of the molecule is CC(C)(C)OC(=O)NC1(C(O)C#N)CCSCC1. The highest BCUT2D eigenvalue weighted by molar-refractivity contribution is 7.99. The highest BCUT2D eigenvalue weighted by atomic mass is 32.2. The first-order valence-corrected chi connectivity index (χ1v) is 7.11. The van der Waals surface area contributed by atoms with E-state index in [1.54, 1.807) is 32.5 Å². The van der Waals surface area contributed by atoms with Crippen molar-refractivity contribution < 1.29 is 14.6 Å². The number of carbonyl (C=O) groups is 1. The second kappa shape index (κ2) is 5.81. The van der Waals surface area contributed by atoms with E-state index in [0.717, 1.165) is 11.5 Å². The summed E-state index contributed by atoms with van der Waals surface area (Å²) in [7, 11) is 0. The van der Waals surface area contributed by atoms with Gasteiger partial charge >= 0.3 is 6.09 Å². The first-order valence-electron chi connectivity index (χ1n) is 5.96. The molecule has 1 saturated heterocycles. The van der Waals surface area contributed by atoms with Crippen molar-refractivity contribution in [1.82, 2.24) is 5.32 Å². The van der Waals surface area contributed by atoms with E-state index >= 15 is 0 Å². The Bertz CT molecular complexity index is 340. The maximum Gasteiger partial charge on any atom is 0.408 e. The van der Waals surface area contributed by atoms with Crippen LogP contribution in [0.4, 0.5) is 4.79 Å². The third-order valence-corrected chi connectivity index (χ3v) is 3.77. The molecule has 1 unspecified atom stereocenters.